The second-order valence-corrected chi connectivity index (χ2v) is 6.06. The highest BCUT2D eigenvalue weighted by atomic mass is 19.4. The summed E-state index contributed by atoms with van der Waals surface area (Å²) >= 11 is 0. The molecule has 4 atom stereocenters. The number of piperidine rings is 1. The number of Topliss-reactive ketones (excluding diaryl/α,β-unsaturated/α-hetero) is 1. The van der Waals surface area contributed by atoms with Crippen molar-refractivity contribution in [3.63, 3.8) is 0 Å². The highest BCUT2D eigenvalue weighted by Crippen LogP contribution is 2.43. The summed E-state index contributed by atoms with van der Waals surface area (Å²) in [7, 11) is 0. The van der Waals surface area contributed by atoms with Gasteiger partial charge in [-0.1, -0.05) is 30.3 Å². The van der Waals surface area contributed by atoms with Crippen LogP contribution in [0.4, 0.5) is 13.2 Å². The molecule has 1 saturated heterocycles. The van der Waals surface area contributed by atoms with Gasteiger partial charge in [-0.2, -0.15) is 13.2 Å². The standard InChI is InChI=1S/C16H18F3NO/c17-16(18,19)11-6-7-12-14(8-11)20-13(9-15(12)21)10-4-2-1-3-5-10/h1-5,11-14,20H,6-9H2. The van der Waals surface area contributed by atoms with Crippen molar-refractivity contribution in [3.8, 4) is 0 Å². The van der Waals surface area contributed by atoms with E-state index in [4.69, 9.17) is 0 Å². The predicted molar refractivity (Wildman–Crippen MR) is 72.6 cm³/mol. The van der Waals surface area contributed by atoms with Gasteiger partial charge in [-0.15, -0.1) is 0 Å². The summed E-state index contributed by atoms with van der Waals surface area (Å²) in [6.45, 7) is 0. The Labute approximate surface area is 121 Å². The van der Waals surface area contributed by atoms with Gasteiger partial charge in [-0.05, 0) is 24.8 Å². The molecule has 0 radical (unpaired) electrons. The third-order valence-corrected chi connectivity index (χ3v) is 4.75. The molecule has 2 aliphatic rings. The van der Waals surface area contributed by atoms with Gasteiger partial charge in [0.1, 0.15) is 5.78 Å². The van der Waals surface area contributed by atoms with Gasteiger partial charge < -0.3 is 5.32 Å². The second kappa shape index (κ2) is 5.44. The molecule has 1 aromatic rings. The van der Waals surface area contributed by atoms with E-state index in [2.05, 4.69) is 5.32 Å². The van der Waals surface area contributed by atoms with E-state index in [1.54, 1.807) is 0 Å². The molecule has 3 rings (SSSR count). The number of fused-ring (bicyclic) bond motifs is 1. The Morgan fingerprint density at radius 2 is 1.81 bits per heavy atom. The van der Waals surface area contributed by atoms with Crippen molar-refractivity contribution in [3.05, 3.63) is 35.9 Å². The number of nitrogens with one attached hydrogen (secondary N) is 1. The molecule has 1 heterocycles. The largest absolute Gasteiger partial charge is 0.391 e. The van der Waals surface area contributed by atoms with Crippen LogP contribution in [0.15, 0.2) is 30.3 Å². The van der Waals surface area contributed by atoms with Gasteiger partial charge in [-0.25, -0.2) is 0 Å². The molecule has 0 amide bonds. The Morgan fingerprint density at radius 1 is 1.10 bits per heavy atom. The summed E-state index contributed by atoms with van der Waals surface area (Å²) in [6, 6.07) is 8.96. The van der Waals surface area contributed by atoms with Crippen molar-refractivity contribution in [2.75, 3.05) is 0 Å². The van der Waals surface area contributed by atoms with Crippen LogP contribution in [0.2, 0.25) is 0 Å². The number of alkyl halides is 3. The lowest BCUT2D eigenvalue weighted by Crippen LogP contribution is -2.52. The van der Waals surface area contributed by atoms with E-state index >= 15 is 0 Å². The maximum Gasteiger partial charge on any atom is 0.391 e. The molecule has 4 unspecified atom stereocenters. The molecule has 1 aromatic carbocycles. The predicted octanol–water partition coefficient (Wildman–Crippen LogP) is 3.64. The van der Waals surface area contributed by atoms with Crippen LogP contribution in [0, 0.1) is 11.8 Å². The lowest BCUT2D eigenvalue weighted by Gasteiger charge is -2.42. The monoisotopic (exact) mass is 297 g/mol. The number of ketones is 1. The summed E-state index contributed by atoms with van der Waals surface area (Å²) in [5.74, 6) is -1.43. The molecule has 0 bridgehead atoms. The first-order valence-electron chi connectivity index (χ1n) is 7.35. The third kappa shape index (κ3) is 2.98. The topological polar surface area (TPSA) is 29.1 Å². The molecule has 5 heteroatoms. The molecular weight excluding hydrogens is 279 g/mol. The Kier molecular flexibility index (Phi) is 3.78. The van der Waals surface area contributed by atoms with Crippen LogP contribution in [-0.2, 0) is 4.79 Å². The zero-order valence-corrected chi connectivity index (χ0v) is 11.6. The quantitative estimate of drug-likeness (QED) is 0.857. The number of rotatable bonds is 1. The van der Waals surface area contributed by atoms with E-state index in [-0.39, 0.29) is 36.6 Å². The summed E-state index contributed by atoms with van der Waals surface area (Å²) in [4.78, 5) is 12.2. The molecule has 0 aromatic heterocycles. The van der Waals surface area contributed by atoms with Crippen LogP contribution in [0.1, 0.15) is 37.3 Å². The number of benzene rings is 1. The third-order valence-electron chi connectivity index (χ3n) is 4.75. The highest BCUT2D eigenvalue weighted by molar-refractivity contribution is 5.83. The summed E-state index contributed by atoms with van der Waals surface area (Å²) in [5.41, 5.74) is 0.971. The molecular formula is C16H18F3NO. The van der Waals surface area contributed by atoms with Crippen LogP contribution in [0.25, 0.3) is 0 Å². The molecule has 1 N–H and O–H groups in total. The van der Waals surface area contributed by atoms with Gasteiger partial charge in [0, 0.05) is 24.4 Å². The maximum absolute atomic E-state index is 12.9. The Bertz CT molecular complexity index is 514. The number of hydrogen-bond donors (Lipinski definition) is 1. The minimum absolute atomic E-state index is 0.0171. The van der Waals surface area contributed by atoms with Crippen LogP contribution in [0.5, 0.6) is 0 Å². The van der Waals surface area contributed by atoms with Crippen molar-refractivity contribution in [1.29, 1.82) is 0 Å². The molecule has 2 nitrogen and oxygen atoms in total. The van der Waals surface area contributed by atoms with E-state index in [0.717, 1.165) is 5.56 Å². The second-order valence-electron chi connectivity index (χ2n) is 6.06. The van der Waals surface area contributed by atoms with Gasteiger partial charge in [0.05, 0.1) is 5.92 Å². The highest BCUT2D eigenvalue weighted by Gasteiger charge is 2.48. The first kappa shape index (κ1) is 14.6. The summed E-state index contributed by atoms with van der Waals surface area (Å²) in [5, 5.41) is 3.28. The van der Waals surface area contributed by atoms with Crippen molar-refractivity contribution >= 4 is 5.78 Å². The molecule has 1 aliphatic heterocycles. The maximum atomic E-state index is 12.9. The Balaban J connectivity index is 1.76. The van der Waals surface area contributed by atoms with E-state index in [1.165, 1.54) is 0 Å². The van der Waals surface area contributed by atoms with Gasteiger partial charge in [0.25, 0.3) is 0 Å². The minimum atomic E-state index is -4.16. The van der Waals surface area contributed by atoms with Crippen LogP contribution >= 0.6 is 0 Å². The lowest BCUT2D eigenvalue weighted by molar-refractivity contribution is -0.188. The van der Waals surface area contributed by atoms with Gasteiger partial charge in [-0.3, -0.25) is 4.79 Å². The average molecular weight is 297 g/mol. The molecule has 1 aliphatic carbocycles. The fraction of sp³-hybridized carbons (Fsp3) is 0.562. The smallest absolute Gasteiger partial charge is 0.306 e. The van der Waals surface area contributed by atoms with Gasteiger partial charge in [0.15, 0.2) is 0 Å². The number of carbonyl (C=O) groups excluding carboxylic acids is 1. The SMILES string of the molecule is O=C1CC(c2ccccc2)NC2CC(C(F)(F)F)CCC12. The zero-order valence-electron chi connectivity index (χ0n) is 11.6. The van der Waals surface area contributed by atoms with Crippen molar-refractivity contribution in [2.45, 2.75) is 43.9 Å². The minimum Gasteiger partial charge on any atom is -0.306 e. The first-order chi connectivity index (χ1) is 9.95. The van der Waals surface area contributed by atoms with E-state index in [0.29, 0.717) is 12.8 Å². The number of halogens is 3. The van der Waals surface area contributed by atoms with Crippen LogP contribution < -0.4 is 5.32 Å². The number of carbonyl (C=O) groups is 1. The van der Waals surface area contributed by atoms with Crippen LogP contribution in [0.3, 0.4) is 0 Å². The molecule has 0 spiro atoms. The van der Waals surface area contributed by atoms with Crippen molar-refractivity contribution in [1.82, 2.24) is 5.32 Å². The normalized spacial score (nSPS) is 33.6. The molecule has 21 heavy (non-hydrogen) atoms. The molecule has 1 saturated carbocycles. The summed E-state index contributed by atoms with van der Waals surface area (Å²) in [6.07, 6.45) is -3.34. The lowest BCUT2D eigenvalue weighted by atomic mass is 9.72. The zero-order chi connectivity index (χ0) is 15.0. The summed E-state index contributed by atoms with van der Waals surface area (Å²) < 4.78 is 38.7. The van der Waals surface area contributed by atoms with Crippen LogP contribution in [-0.4, -0.2) is 18.0 Å². The van der Waals surface area contributed by atoms with E-state index in [9.17, 15) is 18.0 Å². The average Bonchev–Trinajstić information content (AvgIpc) is 2.46. The van der Waals surface area contributed by atoms with E-state index in [1.807, 2.05) is 30.3 Å². The van der Waals surface area contributed by atoms with Gasteiger partial charge in [0.2, 0.25) is 0 Å². The van der Waals surface area contributed by atoms with Crippen molar-refractivity contribution < 1.29 is 18.0 Å². The molecule has 2 fully saturated rings. The Hall–Kier alpha value is -1.36. The first-order valence-corrected chi connectivity index (χ1v) is 7.35. The van der Waals surface area contributed by atoms with Crippen molar-refractivity contribution in [2.24, 2.45) is 11.8 Å². The fourth-order valence-electron chi connectivity index (χ4n) is 3.61. The fourth-order valence-corrected chi connectivity index (χ4v) is 3.61. The Morgan fingerprint density at radius 3 is 2.48 bits per heavy atom. The number of hydrogen-bond acceptors (Lipinski definition) is 2. The van der Waals surface area contributed by atoms with Gasteiger partial charge >= 0.3 is 6.18 Å². The van der Waals surface area contributed by atoms with E-state index < -0.39 is 12.1 Å². The molecule has 114 valence electrons.